The van der Waals surface area contributed by atoms with Gasteiger partial charge in [0.25, 0.3) is 0 Å². The van der Waals surface area contributed by atoms with Gasteiger partial charge in [0, 0.05) is 5.92 Å². The third kappa shape index (κ3) is 5.49. The van der Waals surface area contributed by atoms with Crippen LogP contribution in [-0.2, 0) is 4.74 Å². The predicted molar refractivity (Wildman–Crippen MR) is 82.9 cm³/mol. The fourth-order valence-corrected chi connectivity index (χ4v) is 3.05. The molecule has 0 bridgehead atoms. The number of aliphatic hydroxyl groups is 3. The average Bonchev–Trinajstić information content (AvgIpc) is 2.44. The van der Waals surface area contributed by atoms with Crippen LogP contribution < -0.4 is 5.32 Å². The van der Waals surface area contributed by atoms with E-state index in [1.54, 1.807) is 6.92 Å². The lowest BCUT2D eigenvalue weighted by molar-refractivity contribution is -0.171. The molecular formula is C16H33NO4. The fraction of sp³-hybridized carbons (Fsp3) is 1.00. The van der Waals surface area contributed by atoms with Crippen LogP contribution in [0.15, 0.2) is 0 Å². The van der Waals surface area contributed by atoms with Gasteiger partial charge in [-0.05, 0) is 26.7 Å². The predicted octanol–water partition coefficient (Wildman–Crippen LogP) is 1.40. The Morgan fingerprint density at radius 2 is 1.86 bits per heavy atom. The van der Waals surface area contributed by atoms with Gasteiger partial charge in [0.2, 0.25) is 0 Å². The molecular weight excluding hydrogens is 270 g/mol. The van der Waals surface area contributed by atoms with Crippen molar-refractivity contribution in [1.29, 1.82) is 0 Å². The summed E-state index contributed by atoms with van der Waals surface area (Å²) in [5, 5.41) is 33.3. The Bertz CT molecular complexity index is 298. The maximum absolute atomic E-state index is 10.5. The topological polar surface area (TPSA) is 82.0 Å². The van der Waals surface area contributed by atoms with Crippen LogP contribution in [-0.4, -0.2) is 52.0 Å². The summed E-state index contributed by atoms with van der Waals surface area (Å²) in [7, 11) is 0. The van der Waals surface area contributed by atoms with Gasteiger partial charge >= 0.3 is 0 Å². The number of hydrogen-bond acceptors (Lipinski definition) is 5. The standard InChI is InChI=1S/C16H33NO4/c1-5-6-7-8-9-16(4,20)17-14-12(3)21-13(10-18)11(2)15(14)19/h11-15,17-20H,5-10H2,1-4H3/t11-,12+,13?,14?,15-,16?/m1/s1. The number of aliphatic hydroxyl groups excluding tert-OH is 2. The quantitative estimate of drug-likeness (QED) is 0.402. The SMILES string of the molecule is CCCCCCC(C)(O)NC1[C@H](C)OC(CO)[C@@H](C)[C@H]1O. The van der Waals surface area contributed by atoms with Gasteiger partial charge in [-0.1, -0.05) is 33.1 Å². The summed E-state index contributed by atoms with van der Waals surface area (Å²) in [6.07, 6.45) is 3.82. The second-order valence-corrected chi connectivity index (χ2v) is 6.67. The summed E-state index contributed by atoms with van der Waals surface area (Å²) in [4.78, 5) is 0. The summed E-state index contributed by atoms with van der Waals surface area (Å²) in [6, 6.07) is -0.330. The summed E-state index contributed by atoms with van der Waals surface area (Å²) < 4.78 is 5.74. The van der Waals surface area contributed by atoms with Gasteiger partial charge in [0.05, 0.1) is 31.0 Å². The molecule has 0 radical (unpaired) electrons. The lowest BCUT2D eigenvalue weighted by Gasteiger charge is -2.45. The highest BCUT2D eigenvalue weighted by Crippen LogP contribution is 2.27. The third-order valence-electron chi connectivity index (χ3n) is 4.56. The molecule has 1 aliphatic heterocycles. The van der Waals surface area contributed by atoms with Crippen molar-refractivity contribution in [3.63, 3.8) is 0 Å². The molecule has 1 aliphatic rings. The van der Waals surface area contributed by atoms with E-state index in [1.807, 2.05) is 13.8 Å². The second-order valence-electron chi connectivity index (χ2n) is 6.67. The van der Waals surface area contributed by atoms with Crippen LogP contribution in [0.1, 0.15) is 59.8 Å². The van der Waals surface area contributed by atoms with Crippen LogP contribution in [0.4, 0.5) is 0 Å². The zero-order valence-corrected chi connectivity index (χ0v) is 13.9. The fourth-order valence-electron chi connectivity index (χ4n) is 3.05. The molecule has 126 valence electrons. The minimum absolute atomic E-state index is 0.0945. The van der Waals surface area contributed by atoms with Crippen LogP contribution in [0, 0.1) is 5.92 Å². The summed E-state index contributed by atoms with van der Waals surface area (Å²) in [5.74, 6) is -0.167. The molecule has 3 unspecified atom stereocenters. The summed E-state index contributed by atoms with van der Waals surface area (Å²) in [5.41, 5.74) is -1.01. The molecule has 0 aromatic heterocycles. The Morgan fingerprint density at radius 1 is 1.19 bits per heavy atom. The molecule has 5 nitrogen and oxygen atoms in total. The van der Waals surface area contributed by atoms with Crippen molar-refractivity contribution in [2.75, 3.05) is 6.61 Å². The van der Waals surface area contributed by atoms with Crippen LogP contribution in [0.5, 0.6) is 0 Å². The normalized spacial score (nSPS) is 36.4. The lowest BCUT2D eigenvalue weighted by Crippen LogP contribution is -2.63. The molecule has 0 aromatic rings. The Labute approximate surface area is 128 Å². The molecule has 1 heterocycles. The number of ether oxygens (including phenoxy) is 1. The molecule has 21 heavy (non-hydrogen) atoms. The molecule has 0 aromatic carbocycles. The monoisotopic (exact) mass is 303 g/mol. The first-order valence-electron chi connectivity index (χ1n) is 8.27. The Morgan fingerprint density at radius 3 is 2.43 bits per heavy atom. The van der Waals surface area contributed by atoms with E-state index in [9.17, 15) is 15.3 Å². The van der Waals surface area contributed by atoms with E-state index in [1.165, 1.54) is 12.8 Å². The first-order chi connectivity index (χ1) is 9.82. The van der Waals surface area contributed by atoms with E-state index < -0.39 is 11.8 Å². The van der Waals surface area contributed by atoms with Crippen molar-refractivity contribution in [1.82, 2.24) is 5.32 Å². The third-order valence-corrected chi connectivity index (χ3v) is 4.56. The molecule has 5 heteroatoms. The number of nitrogens with one attached hydrogen (secondary N) is 1. The van der Waals surface area contributed by atoms with Crippen molar-refractivity contribution in [2.24, 2.45) is 5.92 Å². The van der Waals surface area contributed by atoms with Gasteiger partial charge in [-0.2, -0.15) is 0 Å². The van der Waals surface area contributed by atoms with E-state index in [2.05, 4.69) is 12.2 Å². The van der Waals surface area contributed by atoms with E-state index in [4.69, 9.17) is 4.74 Å². The van der Waals surface area contributed by atoms with Gasteiger partial charge in [-0.15, -0.1) is 0 Å². The molecule has 0 saturated carbocycles. The van der Waals surface area contributed by atoms with Gasteiger partial charge in [-0.3, -0.25) is 5.32 Å². The number of rotatable bonds is 8. The molecule has 0 amide bonds. The Kier molecular flexibility index (Phi) is 7.57. The van der Waals surface area contributed by atoms with Crippen molar-refractivity contribution in [2.45, 2.75) is 89.9 Å². The molecule has 4 N–H and O–H groups in total. The van der Waals surface area contributed by atoms with E-state index >= 15 is 0 Å². The minimum atomic E-state index is -1.01. The maximum Gasteiger partial charge on any atom is 0.113 e. The smallest absolute Gasteiger partial charge is 0.113 e. The van der Waals surface area contributed by atoms with Gasteiger partial charge in [0.15, 0.2) is 0 Å². The highest BCUT2D eigenvalue weighted by molar-refractivity contribution is 4.95. The van der Waals surface area contributed by atoms with E-state index in [0.717, 1.165) is 12.8 Å². The summed E-state index contributed by atoms with van der Waals surface area (Å²) >= 11 is 0. The van der Waals surface area contributed by atoms with E-state index in [0.29, 0.717) is 6.42 Å². The van der Waals surface area contributed by atoms with Crippen LogP contribution in [0.25, 0.3) is 0 Å². The zero-order chi connectivity index (χ0) is 16.0. The minimum Gasteiger partial charge on any atom is -0.394 e. The van der Waals surface area contributed by atoms with Crippen LogP contribution in [0.2, 0.25) is 0 Å². The number of hydrogen-bond donors (Lipinski definition) is 4. The Balaban J connectivity index is 2.55. The molecule has 1 rings (SSSR count). The van der Waals surface area contributed by atoms with Gasteiger partial charge in [0.1, 0.15) is 5.72 Å². The Hall–Kier alpha value is -0.200. The van der Waals surface area contributed by atoms with E-state index in [-0.39, 0.29) is 30.8 Å². The van der Waals surface area contributed by atoms with Crippen molar-refractivity contribution in [3.05, 3.63) is 0 Å². The molecule has 1 saturated heterocycles. The molecule has 0 aliphatic carbocycles. The largest absolute Gasteiger partial charge is 0.394 e. The highest BCUT2D eigenvalue weighted by atomic mass is 16.5. The first kappa shape index (κ1) is 18.8. The second kappa shape index (κ2) is 8.44. The highest BCUT2D eigenvalue weighted by Gasteiger charge is 2.42. The van der Waals surface area contributed by atoms with Crippen molar-refractivity contribution >= 4 is 0 Å². The van der Waals surface area contributed by atoms with Gasteiger partial charge < -0.3 is 20.1 Å². The zero-order valence-electron chi connectivity index (χ0n) is 13.9. The first-order valence-corrected chi connectivity index (χ1v) is 8.27. The molecule has 1 fully saturated rings. The maximum atomic E-state index is 10.5. The van der Waals surface area contributed by atoms with Crippen molar-refractivity contribution in [3.8, 4) is 0 Å². The number of unbranched alkanes of at least 4 members (excludes halogenated alkanes) is 3. The lowest BCUT2D eigenvalue weighted by atomic mass is 9.86. The van der Waals surface area contributed by atoms with Crippen molar-refractivity contribution < 1.29 is 20.1 Å². The van der Waals surface area contributed by atoms with Gasteiger partial charge in [-0.25, -0.2) is 0 Å². The average molecular weight is 303 g/mol. The van der Waals surface area contributed by atoms with Crippen LogP contribution in [0.3, 0.4) is 0 Å². The molecule has 6 atom stereocenters. The molecule has 0 spiro atoms. The summed E-state index contributed by atoms with van der Waals surface area (Å²) in [6.45, 7) is 7.54. The van der Waals surface area contributed by atoms with Crippen LogP contribution >= 0.6 is 0 Å².